The Morgan fingerprint density at radius 2 is 1.53 bits per heavy atom. The number of carbonyl (C=O) groups excluding carboxylic acids is 1. The summed E-state index contributed by atoms with van der Waals surface area (Å²) >= 11 is 0. The molecule has 2 aromatic carbocycles. The van der Waals surface area contributed by atoms with Crippen LogP contribution in [0.1, 0.15) is 0 Å². The number of para-hydroxylation sites is 2. The van der Waals surface area contributed by atoms with Crippen LogP contribution in [-0.2, 0) is 4.79 Å². The molecule has 84 valence electrons. The summed E-state index contributed by atoms with van der Waals surface area (Å²) in [6, 6.07) is 18.6. The number of nitrogens with zero attached hydrogens (tertiary/aromatic N) is 1. The van der Waals surface area contributed by atoms with Crippen LogP contribution in [0.2, 0.25) is 0 Å². The Bertz CT molecular complexity index is 506. The highest BCUT2D eigenvalue weighted by Crippen LogP contribution is 2.09. The lowest BCUT2D eigenvalue weighted by atomic mass is 10.3. The van der Waals surface area contributed by atoms with E-state index >= 15 is 0 Å². The first-order valence-electron chi connectivity index (χ1n) is 5.30. The van der Waals surface area contributed by atoms with Crippen molar-refractivity contribution in [1.29, 1.82) is 0 Å². The highest BCUT2D eigenvalue weighted by atomic mass is 16.1. The molecule has 0 saturated carbocycles. The molecule has 2 aromatic rings. The number of carbonyl (C=O) groups is 1. The van der Waals surface area contributed by atoms with Gasteiger partial charge in [-0.1, -0.05) is 36.4 Å². The summed E-state index contributed by atoms with van der Waals surface area (Å²) in [5.41, 5.74) is 1.52. The molecule has 0 spiro atoms. The number of amides is 1. The van der Waals surface area contributed by atoms with Gasteiger partial charge in [-0.25, -0.2) is 0 Å². The Labute approximate surface area is 99.8 Å². The smallest absolute Gasteiger partial charge is 0.266 e. The van der Waals surface area contributed by atoms with Crippen LogP contribution >= 0.6 is 0 Å². The molecule has 2 rings (SSSR count). The van der Waals surface area contributed by atoms with E-state index in [2.05, 4.69) is 10.3 Å². The Morgan fingerprint density at radius 3 is 2.18 bits per heavy atom. The maximum Gasteiger partial charge on any atom is 0.266 e. The molecule has 1 amide bonds. The van der Waals surface area contributed by atoms with E-state index in [4.69, 9.17) is 0 Å². The van der Waals surface area contributed by atoms with Crippen LogP contribution < -0.4 is 5.32 Å². The minimum absolute atomic E-state index is 0.236. The van der Waals surface area contributed by atoms with Crippen LogP contribution in [0.3, 0.4) is 0 Å². The van der Waals surface area contributed by atoms with Gasteiger partial charge in [0.25, 0.3) is 5.91 Å². The van der Waals surface area contributed by atoms with Crippen LogP contribution in [0.5, 0.6) is 0 Å². The third-order valence-corrected chi connectivity index (χ3v) is 2.13. The number of nitrogens with one attached hydrogen (secondary N) is 1. The van der Waals surface area contributed by atoms with E-state index in [0.29, 0.717) is 0 Å². The van der Waals surface area contributed by atoms with Crippen LogP contribution in [0.15, 0.2) is 65.7 Å². The van der Waals surface area contributed by atoms with Crippen molar-refractivity contribution in [2.24, 2.45) is 4.99 Å². The zero-order valence-corrected chi connectivity index (χ0v) is 9.21. The molecule has 0 heterocycles. The molecular formula is C14H12N2O. The van der Waals surface area contributed by atoms with Crippen molar-refractivity contribution in [2.45, 2.75) is 0 Å². The predicted molar refractivity (Wildman–Crippen MR) is 69.7 cm³/mol. The molecule has 0 bridgehead atoms. The molecule has 3 heteroatoms. The fourth-order valence-corrected chi connectivity index (χ4v) is 1.34. The van der Waals surface area contributed by atoms with Gasteiger partial charge in [-0.05, 0) is 24.3 Å². The summed E-state index contributed by atoms with van der Waals surface area (Å²) < 4.78 is 0. The molecule has 0 saturated heterocycles. The molecule has 3 nitrogen and oxygen atoms in total. The predicted octanol–water partition coefficient (Wildman–Crippen LogP) is 3.03. The van der Waals surface area contributed by atoms with Gasteiger partial charge in [0.1, 0.15) is 0 Å². The van der Waals surface area contributed by atoms with Crippen LogP contribution in [0, 0.1) is 0 Å². The molecular weight excluding hydrogens is 212 g/mol. The molecule has 1 N–H and O–H groups in total. The summed E-state index contributed by atoms with van der Waals surface area (Å²) in [5, 5.41) is 2.72. The van der Waals surface area contributed by atoms with E-state index < -0.39 is 0 Å². The average Bonchev–Trinajstić information content (AvgIpc) is 2.39. The number of rotatable bonds is 3. The van der Waals surface area contributed by atoms with Gasteiger partial charge >= 0.3 is 0 Å². The van der Waals surface area contributed by atoms with Gasteiger partial charge in [-0.2, -0.15) is 0 Å². The quantitative estimate of drug-likeness (QED) is 0.800. The molecule has 0 radical (unpaired) electrons. The Hall–Kier alpha value is -2.42. The van der Waals surface area contributed by atoms with Gasteiger partial charge in [-0.15, -0.1) is 0 Å². The largest absolute Gasteiger partial charge is 0.321 e. The molecule has 0 aliphatic heterocycles. The summed E-state index contributed by atoms with van der Waals surface area (Å²) in [6.07, 6.45) is 1.28. The number of aliphatic imine (C=N–C) groups is 1. The Morgan fingerprint density at radius 1 is 0.941 bits per heavy atom. The third-order valence-electron chi connectivity index (χ3n) is 2.13. The van der Waals surface area contributed by atoms with E-state index in [-0.39, 0.29) is 5.91 Å². The first kappa shape index (κ1) is 11.1. The summed E-state index contributed by atoms with van der Waals surface area (Å²) in [7, 11) is 0. The zero-order valence-electron chi connectivity index (χ0n) is 9.21. The topological polar surface area (TPSA) is 41.5 Å². The van der Waals surface area contributed by atoms with Crippen molar-refractivity contribution < 1.29 is 4.79 Å². The van der Waals surface area contributed by atoms with Crippen molar-refractivity contribution in [3.05, 3.63) is 60.7 Å². The zero-order chi connectivity index (χ0) is 11.9. The van der Waals surface area contributed by atoms with Gasteiger partial charge in [0.05, 0.1) is 11.9 Å². The number of hydrogen-bond acceptors (Lipinski definition) is 2. The second kappa shape index (κ2) is 5.61. The van der Waals surface area contributed by atoms with Crippen LogP contribution in [-0.4, -0.2) is 12.1 Å². The van der Waals surface area contributed by atoms with Gasteiger partial charge in [0.15, 0.2) is 0 Å². The highest BCUT2D eigenvalue weighted by Gasteiger charge is 1.96. The van der Waals surface area contributed by atoms with E-state index in [1.807, 2.05) is 60.7 Å². The van der Waals surface area contributed by atoms with Crippen molar-refractivity contribution in [3.8, 4) is 0 Å². The monoisotopic (exact) mass is 224 g/mol. The summed E-state index contributed by atoms with van der Waals surface area (Å²) in [6.45, 7) is 0. The van der Waals surface area contributed by atoms with E-state index in [1.165, 1.54) is 6.21 Å². The lowest BCUT2D eigenvalue weighted by Gasteiger charge is -1.99. The minimum atomic E-state index is -0.236. The second-order valence-corrected chi connectivity index (χ2v) is 3.45. The number of hydrogen-bond donors (Lipinski definition) is 1. The summed E-state index contributed by atoms with van der Waals surface area (Å²) in [4.78, 5) is 15.6. The molecule has 0 unspecified atom stereocenters. The second-order valence-electron chi connectivity index (χ2n) is 3.45. The van der Waals surface area contributed by atoms with E-state index in [9.17, 15) is 4.79 Å². The molecule has 0 aromatic heterocycles. The lowest BCUT2D eigenvalue weighted by Crippen LogP contribution is -2.12. The molecule has 17 heavy (non-hydrogen) atoms. The van der Waals surface area contributed by atoms with Crippen LogP contribution in [0.4, 0.5) is 11.4 Å². The lowest BCUT2D eigenvalue weighted by molar-refractivity contribution is -0.109. The molecule has 0 aliphatic carbocycles. The Balaban J connectivity index is 1.96. The maximum absolute atomic E-state index is 11.5. The maximum atomic E-state index is 11.5. The van der Waals surface area contributed by atoms with Crippen molar-refractivity contribution in [1.82, 2.24) is 0 Å². The van der Waals surface area contributed by atoms with Crippen molar-refractivity contribution in [2.75, 3.05) is 5.32 Å². The standard InChI is InChI=1S/C14H12N2O/c17-14(16-13-9-5-2-6-10-13)11-15-12-7-3-1-4-8-12/h1-11H,(H,16,17). The van der Waals surface area contributed by atoms with Gasteiger partial charge in [0, 0.05) is 5.69 Å². The molecule has 0 atom stereocenters. The van der Waals surface area contributed by atoms with Gasteiger partial charge in [-0.3, -0.25) is 9.79 Å². The number of anilines is 1. The normalized spacial score (nSPS) is 10.4. The first-order valence-corrected chi connectivity index (χ1v) is 5.30. The summed E-state index contributed by atoms with van der Waals surface area (Å²) in [5.74, 6) is -0.236. The van der Waals surface area contributed by atoms with Gasteiger partial charge in [0.2, 0.25) is 0 Å². The van der Waals surface area contributed by atoms with E-state index in [1.54, 1.807) is 0 Å². The Kier molecular flexibility index (Phi) is 3.65. The first-order chi connectivity index (χ1) is 8.34. The molecule has 0 aliphatic rings. The average molecular weight is 224 g/mol. The highest BCUT2D eigenvalue weighted by molar-refractivity contribution is 6.32. The molecule has 0 fully saturated rings. The van der Waals surface area contributed by atoms with Crippen molar-refractivity contribution in [3.63, 3.8) is 0 Å². The van der Waals surface area contributed by atoms with Crippen molar-refractivity contribution >= 4 is 23.5 Å². The fraction of sp³-hybridized carbons (Fsp3) is 0. The van der Waals surface area contributed by atoms with Gasteiger partial charge < -0.3 is 5.32 Å². The number of benzene rings is 2. The third kappa shape index (κ3) is 3.57. The van der Waals surface area contributed by atoms with Crippen LogP contribution in [0.25, 0.3) is 0 Å². The SMILES string of the molecule is O=C(C=Nc1ccccc1)Nc1ccccc1. The fourth-order valence-electron chi connectivity index (χ4n) is 1.34. The minimum Gasteiger partial charge on any atom is -0.321 e. The van der Waals surface area contributed by atoms with E-state index in [0.717, 1.165) is 11.4 Å².